The third kappa shape index (κ3) is 4.78. The van der Waals surface area contributed by atoms with E-state index in [0.717, 1.165) is 0 Å². The Balaban J connectivity index is 2.05. The molecule has 0 bridgehead atoms. The zero-order chi connectivity index (χ0) is 16.7. The number of urea groups is 1. The van der Waals surface area contributed by atoms with Crippen molar-refractivity contribution in [1.82, 2.24) is 20.2 Å². The fourth-order valence-corrected chi connectivity index (χ4v) is 2.39. The molecule has 0 spiro atoms. The van der Waals surface area contributed by atoms with Crippen LogP contribution in [0.15, 0.2) is 18.6 Å². The molecule has 126 valence electrons. The largest absolute Gasteiger partial charge is 0.481 e. The van der Waals surface area contributed by atoms with Crippen LogP contribution < -0.4 is 10.2 Å². The summed E-state index contributed by atoms with van der Waals surface area (Å²) in [6, 6.07) is -0.283. The summed E-state index contributed by atoms with van der Waals surface area (Å²) in [7, 11) is 1.55. The molecule has 2 amide bonds. The Hall–Kier alpha value is -2.42. The molecular formula is C14H21N5O4. The normalized spacial score (nSPS) is 18.4. The number of nitrogens with one attached hydrogen (secondary N) is 1. The zero-order valence-electron chi connectivity index (χ0n) is 13.0. The van der Waals surface area contributed by atoms with Gasteiger partial charge in [-0.3, -0.25) is 9.78 Å². The summed E-state index contributed by atoms with van der Waals surface area (Å²) in [6.45, 7) is 2.16. The third-order valence-electron chi connectivity index (χ3n) is 3.61. The number of nitrogens with zero attached hydrogens (tertiary/aromatic N) is 4. The molecule has 9 nitrogen and oxygen atoms in total. The lowest BCUT2D eigenvalue weighted by Gasteiger charge is -2.22. The van der Waals surface area contributed by atoms with Gasteiger partial charge in [0.15, 0.2) is 0 Å². The number of hydrogen-bond donors (Lipinski definition) is 2. The molecule has 1 saturated heterocycles. The van der Waals surface area contributed by atoms with Gasteiger partial charge in [0.1, 0.15) is 5.82 Å². The minimum atomic E-state index is -0.935. The van der Waals surface area contributed by atoms with Crippen LogP contribution in [0.5, 0.6) is 0 Å². The summed E-state index contributed by atoms with van der Waals surface area (Å²) in [6.07, 6.45) is 4.71. The van der Waals surface area contributed by atoms with E-state index in [1.807, 2.05) is 4.90 Å². The van der Waals surface area contributed by atoms with Crippen molar-refractivity contribution < 1.29 is 19.4 Å². The standard InChI is InChI=1S/C14H21N5O4/c1-23-7-4-17-14(22)19-6-5-18(9-11(10-19)13(20)21)12-8-15-2-3-16-12/h2-3,8,11H,4-7,9-10H2,1H3,(H,17,22)(H,20,21)/t11-/m1/s1. The number of aliphatic carboxylic acids is 1. The minimum Gasteiger partial charge on any atom is -0.481 e. The first-order valence-electron chi connectivity index (χ1n) is 7.37. The molecule has 0 radical (unpaired) electrons. The van der Waals surface area contributed by atoms with E-state index in [9.17, 15) is 14.7 Å². The van der Waals surface area contributed by atoms with Gasteiger partial charge in [-0.25, -0.2) is 9.78 Å². The molecule has 2 rings (SSSR count). The van der Waals surface area contributed by atoms with Crippen LogP contribution in [0.2, 0.25) is 0 Å². The summed E-state index contributed by atoms with van der Waals surface area (Å²) >= 11 is 0. The molecule has 1 aromatic heterocycles. The molecule has 1 fully saturated rings. The predicted molar refractivity (Wildman–Crippen MR) is 82.2 cm³/mol. The van der Waals surface area contributed by atoms with Gasteiger partial charge in [-0.1, -0.05) is 0 Å². The van der Waals surface area contributed by atoms with Crippen molar-refractivity contribution in [2.24, 2.45) is 5.92 Å². The first kappa shape index (κ1) is 16.9. The van der Waals surface area contributed by atoms with E-state index in [4.69, 9.17) is 4.74 Å². The Morgan fingerprint density at radius 2 is 2.22 bits per heavy atom. The van der Waals surface area contributed by atoms with Crippen LogP contribution in [0.3, 0.4) is 0 Å². The highest BCUT2D eigenvalue weighted by Gasteiger charge is 2.30. The highest BCUT2D eigenvalue weighted by molar-refractivity contribution is 5.76. The molecule has 2 N–H and O–H groups in total. The van der Waals surface area contributed by atoms with Crippen LogP contribution in [0.25, 0.3) is 0 Å². The van der Waals surface area contributed by atoms with Crippen LogP contribution in [0.4, 0.5) is 10.6 Å². The number of rotatable bonds is 5. The number of anilines is 1. The molecule has 9 heteroatoms. The lowest BCUT2D eigenvalue weighted by molar-refractivity contribution is -0.141. The van der Waals surface area contributed by atoms with E-state index in [2.05, 4.69) is 15.3 Å². The van der Waals surface area contributed by atoms with E-state index in [0.29, 0.717) is 32.1 Å². The highest BCUT2D eigenvalue weighted by Crippen LogP contribution is 2.16. The fourth-order valence-electron chi connectivity index (χ4n) is 2.39. The van der Waals surface area contributed by atoms with E-state index in [1.165, 1.54) is 4.90 Å². The molecule has 1 aromatic rings. The molecule has 0 aliphatic carbocycles. The van der Waals surface area contributed by atoms with E-state index >= 15 is 0 Å². The second-order valence-electron chi connectivity index (χ2n) is 5.22. The first-order chi connectivity index (χ1) is 11.1. The summed E-state index contributed by atoms with van der Waals surface area (Å²) in [5.41, 5.74) is 0. The van der Waals surface area contributed by atoms with Crippen molar-refractivity contribution in [1.29, 1.82) is 0 Å². The van der Waals surface area contributed by atoms with Gasteiger partial charge in [-0.05, 0) is 0 Å². The maximum Gasteiger partial charge on any atom is 0.317 e. The summed E-state index contributed by atoms with van der Waals surface area (Å²) in [5.74, 6) is -1.01. The van der Waals surface area contributed by atoms with E-state index in [-0.39, 0.29) is 19.1 Å². The Morgan fingerprint density at radius 1 is 1.39 bits per heavy atom. The van der Waals surface area contributed by atoms with Gasteiger partial charge in [-0.15, -0.1) is 0 Å². The molecule has 2 heterocycles. The van der Waals surface area contributed by atoms with Gasteiger partial charge in [0, 0.05) is 52.2 Å². The quantitative estimate of drug-likeness (QED) is 0.713. The number of carboxylic acids is 1. The van der Waals surface area contributed by atoms with Gasteiger partial charge >= 0.3 is 12.0 Å². The van der Waals surface area contributed by atoms with E-state index < -0.39 is 11.9 Å². The lowest BCUT2D eigenvalue weighted by Crippen LogP contribution is -2.44. The highest BCUT2D eigenvalue weighted by atomic mass is 16.5. The van der Waals surface area contributed by atoms with Crippen LogP contribution in [-0.4, -0.2) is 78.4 Å². The van der Waals surface area contributed by atoms with Crippen LogP contribution in [0.1, 0.15) is 0 Å². The van der Waals surface area contributed by atoms with Gasteiger partial charge < -0.3 is 25.0 Å². The topological polar surface area (TPSA) is 108 Å². The molecule has 23 heavy (non-hydrogen) atoms. The Morgan fingerprint density at radius 3 is 2.87 bits per heavy atom. The predicted octanol–water partition coefficient (Wildman–Crippen LogP) is -0.345. The number of carboxylic acid groups (broad SMARTS) is 1. The number of aromatic nitrogens is 2. The van der Waals surface area contributed by atoms with Crippen molar-refractivity contribution in [2.75, 3.05) is 51.3 Å². The Labute approximate surface area is 134 Å². The summed E-state index contributed by atoms with van der Waals surface area (Å²) < 4.78 is 4.89. The summed E-state index contributed by atoms with van der Waals surface area (Å²) in [5, 5.41) is 12.1. The maximum absolute atomic E-state index is 12.2. The zero-order valence-corrected chi connectivity index (χ0v) is 13.0. The van der Waals surface area contributed by atoms with Crippen molar-refractivity contribution >= 4 is 17.8 Å². The average molecular weight is 323 g/mol. The molecular weight excluding hydrogens is 302 g/mol. The van der Waals surface area contributed by atoms with Crippen molar-refractivity contribution in [3.05, 3.63) is 18.6 Å². The number of methoxy groups -OCH3 is 1. The molecule has 0 saturated carbocycles. The third-order valence-corrected chi connectivity index (χ3v) is 3.61. The van der Waals surface area contributed by atoms with Gasteiger partial charge in [0.05, 0.1) is 18.7 Å². The molecule has 1 aliphatic rings. The van der Waals surface area contributed by atoms with Crippen LogP contribution >= 0.6 is 0 Å². The Kier molecular flexibility index (Phi) is 6.10. The van der Waals surface area contributed by atoms with Crippen molar-refractivity contribution in [3.63, 3.8) is 0 Å². The molecule has 0 aromatic carbocycles. The lowest BCUT2D eigenvalue weighted by atomic mass is 10.1. The number of amides is 2. The minimum absolute atomic E-state index is 0.158. The number of carbonyl (C=O) groups excluding carboxylic acids is 1. The Bertz CT molecular complexity index is 527. The van der Waals surface area contributed by atoms with Crippen molar-refractivity contribution in [2.45, 2.75) is 0 Å². The van der Waals surface area contributed by atoms with Gasteiger partial charge in [-0.2, -0.15) is 0 Å². The number of carbonyl (C=O) groups is 2. The summed E-state index contributed by atoms with van der Waals surface area (Å²) in [4.78, 5) is 35.2. The van der Waals surface area contributed by atoms with Crippen molar-refractivity contribution in [3.8, 4) is 0 Å². The van der Waals surface area contributed by atoms with Crippen LogP contribution in [-0.2, 0) is 9.53 Å². The number of ether oxygens (including phenoxy) is 1. The molecule has 1 aliphatic heterocycles. The van der Waals surface area contributed by atoms with Gasteiger partial charge in [0.2, 0.25) is 0 Å². The second-order valence-corrected chi connectivity index (χ2v) is 5.22. The maximum atomic E-state index is 12.2. The monoisotopic (exact) mass is 323 g/mol. The average Bonchev–Trinajstić information content (AvgIpc) is 2.79. The number of hydrogen-bond acceptors (Lipinski definition) is 6. The smallest absolute Gasteiger partial charge is 0.317 e. The van der Waals surface area contributed by atoms with E-state index in [1.54, 1.807) is 25.7 Å². The molecule has 0 unspecified atom stereocenters. The molecule has 1 atom stereocenters. The first-order valence-corrected chi connectivity index (χ1v) is 7.37. The second kappa shape index (κ2) is 8.28. The fraction of sp³-hybridized carbons (Fsp3) is 0.571. The van der Waals surface area contributed by atoms with Crippen LogP contribution in [0, 0.1) is 5.92 Å². The van der Waals surface area contributed by atoms with Gasteiger partial charge in [0.25, 0.3) is 0 Å². The SMILES string of the molecule is COCCNC(=O)N1CCN(c2cnccn2)C[C@@H](C(=O)O)C1.